The number of nitrogens with one attached hydrogen (secondary N) is 1. The average Bonchev–Trinajstić information content (AvgIpc) is 2.27. The lowest BCUT2D eigenvalue weighted by atomic mass is 10.1. The molecule has 1 fully saturated rings. The Morgan fingerprint density at radius 3 is 2.42 bits per heavy atom. The van der Waals surface area contributed by atoms with E-state index in [9.17, 15) is 9.59 Å². The number of nitrogens with zero attached hydrogens (tertiary/aromatic N) is 2. The van der Waals surface area contributed by atoms with Crippen molar-refractivity contribution >= 4 is 12.0 Å². The number of ether oxygens (including phenoxy) is 1. The van der Waals surface area contributed by atoms with Gasteiger partial charge in [0.1, 0.15) is 12.0 Å². The van der Waals surface area contributed by atoms with Crippen molar-refractivity contribution in [2.45, 2.75) is 51.7 Å². The van der Waals surface area contributed by atoms with E-state index in [1.165, 1.54) is 0 Å². The minimum Gasteiger partial charge on any atom is -0.444 e. The molecule has 1 heterocycles. The largest absolute Gasteiger partial charge is 0.444 e. The van der Waals surface area contributed by atoms with Crippen molar-refractivity contribution in [2.24, 2.45) is 0 Å². The van der Waals surface area contributed by atoms with Crippen LogP contribution in [0.3, 0.4) is 0 Å². The molecular weight excluding hydrogens is 246 g/mol. The third kappa shape index (κ3) is 5.60. The molecule has 0 radical (unpaired) electrons. The molecule has 0 bridgehead atoms. The lowest BCUT2D eigenvalue weighted by Crippen LogP contribution is -2.47. The first-order chi connectivity index (χ1) is 8.81. The van der Waals surface area contributed by atoms with E-state index in [2.05, 4.69) is 5.32 Å². The van der Waals surface area contributed by atoms with E-state index in [0.717, 1.165) is 0 Å². The van der Waals surface area contributed by atoms with Crippen LogP contribution in [0, 0.1) is 11.3 Å². The van der Waals surface area contributed by atoms with E-state index in [4.69, 9.17) is 10.00 Å². The van der Waals surface area contributed by atoms with E-state index >= 15 is 0 Å². The van der Waals surface area contributed by atoms with Crippen molar-refractivity contribution in [3.63, 3.8) is 0 Å². The average molecular weight is 267 g/mol. The van der Waals surface area contributed by atoms with Crippen LogP contribution in [0.25, 0.3) is 0 Å². The van der Waals surface area contributed by atoms with Crippen molar-refractivity contribution < 1.29 is 14.3 Å². The first-order valence-corrected chi connectivity index (χ1v) is 6.46. The second-order valence-electron chi connectivity index (χ2n) is 5.64. The lowest BCUT2D eigenvalue weighted by molar-refractivity contribution is -0.121. The number of amides is 2. The standard InChI is InChI=1S/C13H21N3O3/c1-13(2,3)19-12(18)16-8-5-10(6-9-16)15-11(17)4-7-14/h10H,4-6,8-9H2,1-3H3,(H,15,17). The molecule has 1 saturated heterocycles. The van der Waals surface area contributed by atoms with Crippen LogP contribution < -0.4 is 5.32 Å². The highest BCUT2D eigenvalue weighted by Gasteiger charge is 2.27. The van der Waals surface area contributed by atoms with Crippen molar-refractivity contribution in [3.05, 3.63) is 0 Å². The Labute approximate surface area is 113 Å². The number of piperidine rings is 1. The predicted molar refractivity (Wildman–Crippen MR) is 69.2 cm³/mol. The summed E-state index contributed by atoms with van der Waals surface area (Å²) in [7, 11) is 0. The number of hydrogen-bond acceptors (Lipinski definition) is 4. The first kappa shape index (κ1) is 15.3. The summed E-state index contributed by atoms with van der Waals surface area (Å²) in [5.41, 5.74) is -0.491. The monoisotopic (exact) mass is 267 g/mol. The minimum absolute atomic E-state index is 0.0412. The normalized spacial score (nSPS) is 16.6. The Hall–Kier alpha value is -1.77. The maximum Gasteiger partial charge on any atom is 0.410 e. The lowest BCUT2D eigenvalue weighted by Gasteiger charge is -2.33. The smallest absolute Gasteiger partial charge is 0.410 e. The fraction of sp³-hybridized carbons (Fsp3) is 0.769. The van der Waals surface area contributed by atoms with Gasteiger partial charge >= 0.3 is 6.09 Å². The van der Waals surface area contributed by atoms with Gasteiger partial charge in [0.2, 0.25) is 5.91 Å². The molecule has 19 heavy (non-hydrogen) atoms. The second kappa shape index (κ2) is 6.41. The maximum atomic E-state index is 11.8. The zero-order chi connectivity index (χ0) is 14.5. The molecule has 0 atom stereocenters. The fourth-order valence-electron chi connectivity index (χ4n) is 1.88. The zero-order valence-corrected chi connectivity index (χ0v) is 11.7. The molecule has 0 saturated carbocycles. The molecule has 2 amide bonds. The maximum absolute atomic E-state index is 11.8. The number of rotatable bonds is 2. The van der Waals surface area contributed by atoms with Crippen LogP contribution in [0.4, 0.5) is 4.79 Å². The first-order valence-electron chi connectivity index (χ1n) is 6.46. The Morgan fingerprint density at radius 1 is 1.37 bits per heavy atom. The number of hydrogen-bond donors (Lipinski definition) is 1. The Balaban J connectivity index is 2.35. The highest BCUT2D eigenvalue weighted by Crippen LogP contribution is 2.15. The zero-order valence-electron chi connectivity index (χ0n) is 11.7. The molecule has 0 aliphatic carbocycles. The van der Waals surface area contributed by atoms with Gasteiger partial charge in [0, 0.05) is 19.1 Å². The molecule has 1 N–H and O–H groups in total. The third-order valence-corrected chi connectivity index (χ3v) is 2.75. The molecule has 6 nitrogen and oxygen atoms in total. The van der Waals surface area contributed by atoms with Gasteiger partial charge in [-0.1, -0.05) is 0 Å². The number of carbonyl (C=O) groups excluding carboxylic acids is 2. The molecule has 0 unspecified atom stereocenters. The summed E-state index contributed by atoms with van der Waals surface area (Å²) in [6, 6.07) is 1.85. The van der Waals surface area contributed by atoms with Gasteiger partial charge in [0.25, 0.3) is 0 Å². The van der Waals surface area contributed by atoms with Gasteiger partial charge in [0.15, 0.2) is 0 Å². The van der Waals surface area contributed by atoms with Crippen molar-refractivity contribution in [1.82, 2.24) is 10.2 Å². The van der Waals surface area contributed by atoms with Gasteiger partial charge < -0.3 is 15.0 Å². The fourth-order valence-corrected chi connectivity index (χ4v) is 1.88. The van der Waals surface area contributed by atoms with Crippen LogP contribution in [-0.4, -0.2) is 41.6 Å². The molecule has 0 aromatic carbocycles. The highest BCUT2D eigenvalue weighted by molar-refractivity contribution is 5.78. The summed E-state index contributed by atoms with van der Waals surface area (Å²) in [6.45, 7) is 6.62. The molecule has 0 spiro atoms. The molecule has 106 valence electrons. The molecular formula is C13H21N3O3. The number of nitriles is 1. The second-order valence-corrected chi connectivity index (χ2v) is 5.64. The van der Waals surface area contributed by atoms with E-state index < -0.39 is 5.60 Å². The van der Waals surface area contributed by atoms with E-state index in [-0.39, 0.29) is 24.5 Å². The van der Waals surface area contributed by atoms with Crippen molar-refractivity contribution in [1.29, 1.82) is 5.26 Å². The van der Waals surface area contributed by atoms with Crippen molar-refractivity contribution in [3.8, 4) is 6.07 Å². The minimum atomic E-state index is -0.491. The predicted octanol–water partition coefficient (Wildman–Crippen LogP) is 1.42. The number of likely N-dealkylation sites (tertiary alicyclic amines) is 1. The Kier molecular flexibility index (Phi) is 5.16. The summed E-state index contributed by atoms with van der Waals surface area (Å²) >= 11 is 0. The van der Waals surface area contributed by atoms with Crippen LogP contribution in [0.2, 0.25) is 0 Å². The molecule has 6 heteroatoms. The summed E-state index contributed by atoms with van der Waals surface area (Å²) in [5, 5.41) is 11.2. The van der Waals surface area contributed by atoms with E-state index in [0.29, 0.717) is 25.9 Å². The topological polar surface area (TPSA) is 82.4 Å². The molecule has 0 aromatic heterocycles. The van der Waals surface area contributed by atoms with Crippen LogP contribution in [0.15, 0.2) is 0 Å². The van der Waals surface area contributed by atoms with Gasteiger partial charge in [-0.05, 0) is 33.6 Å². The van der Waals surface area contributed by atoms with Crippen molar-refractivity contribution in [2.75, 3.05) is 13.1 Å². The summed E-state index contributed by atoms with van der Waals surface area (Å²) < 4.78 is 5.29. The van der Waals surface area contributed by atoms with Gasteiger partial charge in [-0.15, -0.1) is 0 Å². The van der Waals surface area contributed by atoms with Crippen LogP contribution in [-0.2, 0) is 9.53 Å². The SMILES string of the molecule is CC(C)(C)OC(=O)N1CCC(NC(=O)CC#N)CC1. The summed E-state index contributed by atoms with van der Waals surface area (Å²) in [6.07, 6.45) is 0.952. The molecule has 1 rings (SSSR count). The number of carbonyl (C=O) groups is 2. The molecule has 0 aromatic rings. The van der Waals surface area contributed by atoms with E-state index in [1.807, 2.05) is 26.8 Å². The highest BCUT2D eigenvalue weighted by atomic mass is 16.6. The van der Waals surface area contributed by atoms with E-state index in [1.54, 1.807) is 4.90 Å². The van der Waals surface area contributed by atoms with Gasteiger partial charge in [-0.25, -0.2) is 4.79 Å². The van der Waals surface area contributed by atoms with Gasteiger partial charge in [-0.2, -0.15) is 5.26 Å². The molecule has 1 aliphatic rings. The quantitative estimate of drug-likeness (QED) is 0.820. The summed E-state index contributed by atoms with van der Waals surface area (Å²) in [4.78, 5) is 24.7. The summed E-state index contributed by atoms with van der Waals surface area (Å²) in [5.74, 6) is -0.252. The van der Waals surface area contributed by atoms with Crippen LogP contribution in [0.5, 0.6) is 0 Å². The van der Waals surface area contributed by atoms with Gasteiger partial charge in [0.05, 0.1) is 6.07 Å². The Morgan fingerprint density at radius 2 is 1.95 bits per heavy atom. The van der Waals surface area contributed by atoms with Crippen LogP contribution >= 0.6 is 0 Å². The molecule has 1 aliphatic heterocycles. The van der Waals surface area contributed by atoms with Crippen LogP contribution in [0.1, 0.15) is 40.0 Å². The third-order valence-electron chi connectivity index (χ3n) is 2.75. The van der Waals surface area contributed by atoms with Gasteiger partial charge in [-0.3, -0.25) is 4.79 Å². The Bertz CT molecular complexity index is 374.